The summed E-state index contributed by atoms with van der Waals surface area (Å²) in [6, 6.07) is 2.68. The summed E-state index contributed by atoms with van der Waals surface area (Å²) in [5.41, 5.74) is 0. The van der Waals surface area contributed by atoms with Gasteiger partial charge in [-0.3, -0.25) is 0 Å². The van der Waals surface area contributed by atoms with Gasteiger partial charge in [-0.15, -0.1) is 0 Å². The molecule has 0 aromatic heterocycles. The monoisotopic (exact) mass is 551 g/mol. The van der Waals surface area contributed by atoms with Gasteiger partial charge in [-0.1, -0.05) is 39.5 Å². The maximum atomic E-state index is 6.51. The van der Waals surface area contributed by atoms with E-state index in [1.54, 1.807) is 0 Å². The average molecular weight is 551 g/mol. The van der Waals surface area contributed by atoms with Crippen molar-refractivity contribution in [1.82, 2.24) is 0 Å². The normalized spacial score (nSPS) is 11.8. The van der Waals surface area contributed by atoms with E-state index in [1.165, 1.54) is 37.8 Å². The molecule has 0 bridgehead atoms. The van der Waals surface area contributed by atoms with Crippen LogP contribution in [0, 0.1) is 0 Å². The second kappa shape index (κ2) is 13.1. The van der Waals surface area contributed by atoms with Gasteiger partial charge < -0.3 is 4.12 Å². The predicted octanol–water partition coefficient (Wildman–Crippen LogP) is 6.78. The summed E-state index contributed by atoms with van der Waals surface area (Å²) in [5.74, 6) is 0. The molecule has 18 heavy (non-hydrogen) atoms. The molecule has 0 unspecified atom stereocenters. The van der Waals surface area contributed by atoms with Crippen LogP contribution in [0.1, 0.15) is 39.5 Å². The summed E-state index contributed by atoms with van der Waals surface area (Å²) in [6.07, 6.45) is 5.29. The Bertz CT molecular complexity index is 175. The van der Waals surface area contributed by atoms with Crippen LogP contribution in [0.25, 0.3) is 0 Å². The van der Waals surface area contributed by atoms with Crippen molar-refractivity contribution in [2.45, 2.75) is 77.8 Å². The van der Waals surface area contributed by atoms with Gasteiger partial charge in [-0.2, -0.15) is 0 Å². The van der Waals surface area contributed by atoms with Crippen molar-refractivity contribution in [3.63, 3.8) is 0 Å². The van der Waals surface area contributed by atoms with Crippen LogP contribution in [-0.2, 0) is 13.6 Å². The molecule has 0 aromatic carbocycles. The molecule has 111 valence electrons. The minimum atomic E-state index is -1.35. The topological polar surface area (TPSA) is 9.23 Å². The average Bonchev–Trinajstić information content (AvgIpc) is 2.23. The molecule has 0 aliphatic rings. The predicted molar refractivity (Wildman–Crippen MR) is 104 cm³/mol. The van der Waals surface area contributed by atoms with E-state index in [4.69, 9.17) is 4.12 Å². The molecule has 1 nitrogen and oxygen atoms in total. The van der Waals surface area contributed by atoms with Crippen LogP contribution in [0.15, 0.2) is 0 Å². The van der Waals surface area contributed by atoms with Gasteiger partial charge in [-0.05, 0) is 38.3 Å². The fourth-order valence-electron chi connectivity index (χ4n) is 2.06. The number of hydrogen-bond acceptors (Lipinski definition) is 1. The third-order valence-electron chi connectivity index (χ3n) is 2.82. The molecule has 0 saturated heterocycles. The first-order valence-electron chi connectivity index (χ1n) is 6.87. The van der Waals surface area contributed by atoms with E-state index < -0.39 is 16.6 Å². The molecule has 0 amide bonds. The Morgan fingerprint density at radius 3 is 1.33 bits per heavy atom. The van der Waals surface area contributed by atoms with Gasteiger partial charge in [-0.25, -0.2) is 0 Å². The van der Waals surface area contributed by atoms with Gasteiger partial charge >= 0.3 is 49.4 Å². The molecule has 6 heteroatoms. The van der Waals surface area contributed by atoms with E-state index in [0.717, 1.165) is 0 Å². The zero-order chi connectivity index (χ0) is 14.7. The quantitative estimate of drug-likeness (QED) is 0.239. The van der Waals surface area contributed by atoms with Crippen LogP contribution in [0.4, 0.5) is 0 Å². The van der Waals surface area contributed by atoms with Crippen molar-refractivity contribution < 1.29 is 13.6 Å². The minimum absolute atomic E-state index is 0.628. The molecule has 0 aliphatic carbocycles. The van der Waals surface area contributed by atoms with Crippen molar-refractivity contribution >= 4 is 56.6 Å². The molecule has 0 fully saturated rings. The van der Waals surface area contributed by atoms with Gasteiger partial charge in [0.25, 0.3) is 0 Å². The van der Waals surface area contributed by atoms with Gasteiger partial charge in [0.1, 0.15) is 0 Å². The second-order valence-corrected chi connectivity index (χ2v) is 26.5. The zero-order valence-corrected chi connectivity index (χ0v) is 20.6. The van der Waals surface area contributed by atoms with E-state index in [1.807, 2.05) is 0 Å². The molecular weight excluding hydrogens is 521 g/mol. The van der Waals surface area contributed by atoms with E-state index in [2.05, 4.69) is 80.0 Å². The first kappa shape index (κ1) is 22.7. The van der Waals surface area contributed by atoms with Crippen LogP contribution in [0.2, 0.25) is 38.3 Å². The van der Waals surface area contributed by atoms with Crippen molar-refractivity contribution in [2.24, 2.45) is 0 Å². The standard InChI is InChI=1S/C12H30OSi2.2HI.V/c1-7-9-11-14(3,4)13-15(5,6)12-10-8-2;;;/h7-12H2,1-6H3;2*1H;/q;;;+2/p-2. The summed E-state index contributed by atoms with van der Waals surface area (Å²) in [6.45, 7) is 14.1. The Kier molecular flexibility index (Phi) is 16.6. The molecule has 0 heterocycles. The van der Waals surface area contributed by atoms with Gasteiger partial charge in [0.15, 0.2) is 16.6 Å². The first-order valence-corrected chi connectivity index (χ1v) is 22.1. The molecular formula is C12H30I2OSi2V. The summed E-state index contributed by atoms with van der Waals surface area (Å²) in [7, 11) is -2.07. The van der Waals surface area contributed by atoms with Crippen molar-refractivity contribution in [3.8, 4) is 0 Å². The molecule has 0 spiro atoms. The Hall–Kier alpha value is 2.44. The van der Waals surface area contributed by atoms with Crippen LogP contribution in [0.5, 0.6) is 0 Å². The Morgan fingerprint density at radius 2 is 1.11 bits per heavy atom. The number of hydrogen-bond donors (Lipinski definition) is 0. The number of halogens is 2. The van der Waals surface area contributed by atoms with Crippen molar-refractivity contribution in [1.29, 1.82) is 0 Å². The molecule has 0 rings (SSSR count). The maximum absolute atomic E-state index is 6.51. The van der Waals surface area contributed by atoms with Crippen LogP contribution in [0.3, 0.4) is 0 Å². The summed E-state index contributed by atoms with van der Waals surface area (Å²) < 4.78 is 6.51. The fraction of sp³-hybridized carbons (Fsp3) is 1.00. The van der Waals surface area contributed by atoms with Crippen LogP contribution >= 0.6 is 40.0 Å². The first-order chi connectivity index (χ1) is 8.24. The van der Waals surface area contributed by atoms with E-state index >= 15 is 0 Å². The van der Waals surface area contributed by atoms with Gasteiger partial charge in [0.2, 0.25) is 0 Å². The van der Waals surface area contributed by atoms with Gasteiger partial charge in [0, 0.05) is 0 Å². The van der Waals surface area contributed by atoms with E-state index in [-0.39, 0.29) is 0 Å². The SMILES string of the molecule is CCCC[Si](C)(C)O[Si](C)(C)CCCC.[I][V][I]. The number of rotatable bonds is 8. The van der Waals surface area contributed by atoms with Crippen LogP contribution < -0.4 is 0 Å². The fourth-order valence-corrected chi connectivity index (χ4v) is 11.3. The van der Waals surface area contributed by atoms with Gasteiger partial charge in [0.05, 0.1) is 0 Å². The Morgan fingerprint density at radius 1 is 0.833 bits per heavy atom. The molecule has 0 radical (unpaired) electrons. The Balaban J connectivity index is 0. The third kappa shape index (κ3) is 16.5. The molecule has 0 atom stereocenters. The second-order valence-electron chi connectivity index (χ2n) is 5.89. The molecule has 0 aromatic rings. The van der Waals surface area contributed by atoms with Crippen LogP contribution in [-0.4, -0.2) is 16.6 Å². The molecule has 0 N–H and O–H groups in total. The summed E-state index contributed by atoms with van der Waals surface area (Å²) >= 11 is 4.74. The van der Waals surface area contributed by atoms with Crippen molar-refractivity contribution in [2.75, 3.05) is 0 Å². The summed E-state index contributed by atoms with van der Waals surface area (Å²) in [5, 5.41) is 0. The number of unbranched alkanes of at least 4 members (excludes halogenated alkanes) is 2. The molecule has 0 aliphatic heterocycles. The molecule has 0 saturated carbocycles. The van der Waals surface area contributed by atoms with E-state index in [9.17, 15) is 0 Å². The van der Waals surface area contributed by atoms with E-state index in [0.29, 0.717) is 9.47 Å². The third-order valence-corrected chi connectivity index (χ3v) is 10.4. The Labute approximate surface area is 146 Å². The zero-order valence-electron chi connectivity index (χ0n) is 12.9. The summed E-state index contributed by atoms with van der Waals surface area (Å²) in [4.78, 5) is 0. The van der Waals surface area contributed by atoms with Crippen molar-refractivity contribution in [3.05, 3.63) is 0 Å².